The van der Waals surface area contributed by atoms with Crippen molar-refractivity contribution in [2.75, 3.05) is 19.5 Å². The first-order valence-electron chi connectivity index (χ1n) is 9.38. The number of ether oxygens (including phenoxy) is 3. The van der Waals surface area contributed by atoms with Crippen molar-refractivity contribution in [3.05, 3.63) is 51.0 Å². The number of hydrogen-bond acceptors (Lipinski definition) is 6. The highest BCUT2D eigenvalue weighted by molar-refractivity contribution is 9.10. The zero-order valence-electron chi connectivity index (χ0n) is 16.6. The Bertz CT molecular complexity index is 1090. The van der Waals surface area contributed by atoms with E-state index in [0.29, 0.717) is 22.0 Å². The summed E-state index contributed by atoms with van der Waals surface area (Å²) in [6.07, 6.45) is -0.591. The summed E-state index contributed by atoms with van der Waals surface area (Å²) in [5.74, 6) is -0.763. The van der Waals surface area contributed by atoms with Crippen molar-refractivity contribution in [1.82, 2.24) is 4.90 Å². The first kappa shape index (κ1) is 21.5. The third-order valence-electron chi connectivity index (χ3n) is 5.27. The molecule has 2 aromatic carbocycles. The molecule has 0 aliphatic carbocycles. The van der Waals surface area contributed by atoms with Crippen molar-refractivity contribution in [3.63, 3.8) is 0 Å². The van der Waals surface area contributed by atoms with Gasteiger partial charge in [-0.05, 0) is 36.8 Å². The highest BCUT2D eigenvalue weighted by Gasteiger charge is 2.47. The molecule has 31 heavy (non-hydrogen) atoms. The van der Waals surface area contributed by atoms with Crippen LogP contribution in [0.15, 0.2) is 34.8 Å². The first-order chi connectivity index (χ1) is 14.8. The Morgan fingerprint density at radius 1 is 1.23 bits per heavy atom. The number of halogens is 2. The summed E-state index contributed by atoms with van der Waals surface area (Å²) in [5, 5.41) is 3.11. The molecule has 1 saturated heterocycles. The summed E-state index contributed by atoms with van der Waals surface area (Å²) >= 11 is 9.52. The molecule has 8 nitrogen and oxygen atoms in total. The number of cyclic esters (lactones) is 1. The van der Waals surface area contributed by atoms with Gasteiger partial charge in [0, 0.05) is 16.5 Å². The third kappa shape index (κ3) is 3.72. The van der Waals surface area contributed by atoms with Gasteiger partial charge in [-0.1, -0.05) is 27.5 Å². The number of fused-ring (bicyclic) bond motifs is 1. The van der Waals surface area contributed by atoms with E-state index >= 15 is 0 Å². The van der Waals surface area contributed by atoms with Crippen LogP contribution in [0.5, 0.6) is 11.5 Å². The summed E-state index contributed by atoms with van der Waals surface area (Å²) in [5.41, 5.74) is 1.04. The molecule has 0 radical (unpaired) electrons. The monoisotopic (exact) mass is 508 g/mol. The second kappa shape index (κ2) is 8.39. The van der Waals surface area contributed by atoms with E-state index in [9.17, 15) is 14.4 Å². The molecule has 1 N–H and O–H groups in total. The molecule has 2 atom stereocenters. The zero-order valence-corrected chi connectivity index (χ0v) is 19.0. The van der Waals surface area contributed by atoms with Crippen LogP contribution in [0.2, 0.25) is 5.02 Å². The van der Waals surface area contributed by atoms with Crippen molar-refractivity contribution in [2.45, 2.75) is 25.1 Å². The van der Waals surface area contributed by atoms with Crippen LogP contribution in [0, 0.1) is 0 Å². The smallest absolute Gasteiger partial charge is 0.344 e. The second-order valence-corrected chi connectivity index (χ2v) is 8.31. The van der Waals surface area contributed by atoms with Gasteiger partial charge in [-0.3, -0.25) is 14.5 Å². The molecule has 2 aliphatic heterocycles. The molecule has 2 heterocycles. The predicted molar refractivity (Wildman–Crippen MR) is 115 cm³/mol. The molecule has 2 amide bonds. The van der Waals surface area contributed by atoms with Gasteiger partial charge in [-0.2, -0.15) is 0 Å². The number of carbonyl (C=O) groups excluding carboxylic acids is 3. The Morgan fingerprint density at radius 2 is 2.00 bits per heavy atom. The van der Waals surface area contributed by atoms with Crippen molar-refractivity contribution in [3.8, 4) is 11.5 Å². The Labute approximate surface area is 191 Å². The van der Waals surface area contributed by atoms with Crippen molar-refractivity contribution in [1.29, 1.82) is 0 Å². The van der Waals surface area contributed by atoms with Gasteiger partial charge in [0.15, 0.2) is 11.5 Å². The summed E-state index contributed by atoms with van der Waals surface area (Å²) in [6.45, 7) is 0. The quantitative estimate of drug-likeness (QED) is 0.614. The maximum atomic E-state index is 13.0. The first-order valence-corrected chi connectivity index (χ1v) is 10.6. The van der Waals surface area contributed by atoms with E-state index in [1.165, 1.54) is 19.1 Å². The summed E-state index contributed by atoms with van der Waals surface area (Å²) in [6, 6.07) is 7.50. The summed E-state index contributed by atoms with van der Waals surface area (Å²) in [7, 11) is 2.87. The maximum Gasteiger partial charge on any atom is 0.344 e. The molecule has 0 saturated carbocycles. The van der Waals surface area contributed by atoms with E-state index in [1.54, 1.807) is 30.3 Å². The predicted octanol–water partition coefficient (Wildman–Crippen LogP) is 3.92. The number of methoxy groups -OCH3 is 2. The number of esters is 1. The van der Waals surface area contributed by atoms with E-state index in [1.807, 2.05) is 0 Å². The van der Waals surface area contributed by atoms with Crippen LogP contribution in [0.4, 0.5) is 5.69 Å². The van der Waals surface area contributed by atoms with Gasteiger partial charge < -0.3 is 19.5 Å². The molecule has 0 bridgehead atoms. The van der Waals surface area contributed by atoms with E-state index in [4.69, 9.17) is 25.8 Å². The minimum atomic E-state index is -1.03. The standard InChI is InChI=1S/C21H18BrClN2O6/c1-29-15-7-4-11-17(18(15)30-2)21(28)31-20(11)25-14(6-8-16(25)26)19(27)24-13-5-3-10(22)9-12(13)23/h3-5,7,9,14,20H,6,8H2,1-2H3,(H,24,27)/t14-,20?/m0/s1. The van der Waals surface area contributed by atoms with Gasteiger partial charge >= 0.3 is 5.97 Å². The van der Waals surface area contributed by atoms with Gasteiger partial charge in [0.25, 0.3) is 0 Å². The Balaban J connectivity index is 1.65. The van der Waals surface area contributed by atoms with Gasteiger partial charge in [-0.15, -0.1) is 0 Å². The molecule has 0 aromatic heterocycles. The maximum absolute atomic E-state index is 13.0. The lowest BCUT2D eigenvalue weighted by Gasteiger charge is -2.29. The molecule has 10 heteroatoms. The van der Waals surface area contributed by atoms with Gasteiger partial charge in [0.05, 0.1) is 24.9 Å². The summed E-state index contributed by atoms with van der Waals surface area (Å²) in [4.78, 5) is 39.6. The molecule has 2 aromatic rings. The Kier molecular flexibility index (Phi) is 5.81. The number of anilines is 1. The van der Waals surface area contributed by atoms with Crippen LogP contribution < -0.4 is 14.8 Å². The van der Waals surface area contributed by atoms with Crippen LogP contribution in [-0.2, 0) is 14.3 Å². The number of nitrogens with one attached hydrogen (secondary N) is 1. The molecule has 4 rings (SSSR count). The number of nitrogens with zero attached hydrogens (tertiary/aromatic N) is 1. The normalized spacial score (nSPS) is 19.8. The highest BCUT2D eigenvalue weighted by Crippen LogP contribution is 2.45. The van der Waals surface area contributed by atoms with Crippen LogP contribution >= 0.6 is 27.5 Å². The Hall–Kier alpha value is -2.78. The van der Waals surface area contributed by atoms with E-state index < -0.39 is 24.1 Å². The van der Waals surface area contributed by atoms with Crippen LogP contribution in [0.3, 0.4) is 0 Å². The van der Waals surface area contributed by atoms with Gasteiger partial charge in [0.1, 0.15) is 11.6 Å². The molecular formula is C21H18BrClN2O6. The lowest BCUT2D eigenvalue weighted by atomic mass is 10.1. The number of carbonyl (C=O) groups is 3. The average molecular weight is 510 g/mol. The zero-order chi connectivity index (χ0) is 22.3. The van der Waals surface area contributed by atoms with Crippen LogP contribution in [-0.4, -0.2) is 42.9 Å². The van der Waals surface area contributed by atoms with Crippen molar-refractivity contribution >= 4 is 51.0 Å². The van der Waals surface area contributed by atoms with Gasteiger partial charge in [-0.25, -0.2) is 4.79 Å². The Morgan fingerprint density at radius 3 is 2.68 bits per heavy atom. The minimum absolute atomic E-state index is 0.156. The van der Waals surface area contributed by atoms with Crippen molar-refractivity contribution in [2.24, 2.45) is 0 Å². The van der Waals surface area contributed by atoms with E-state index in [2.05, 4.69) is 21.2 Å². The fraction of sp³-hybridized carbons (Fsp3) is 0.286. The molecule has 162 valence electrons. The second-order valence-electron chi connectivity index (χ2n) is 6.99. The lowest BCUT2D eigenvalue weighted by molar-refractivity contribution is -0.144. The molecule has 0 spiro atoms. The average Bonchev–Trinajstić information content (AvgIpc) is 3.29. The number of benzene rings is 2. The fourth-order valence-electron chi connectivity index (χ4n) is 3.85. The molecule has 1 fully saturated rings. The van der Waals surface area contributed by atoms with E-state index in [0.717, 1.165) is 4.47 Å². The fourth-order valence-corrected chi connectivity index (χ4v) is 4.57. The lowest BCUT2D eigenvalue weighted by Crippen LogP contribution is -2.43. The molecule has 1 unspecified atom stereocenters. The minimum Gasteiger partial charge on any atom is -0.493 e. The van der Waals surface area contributed by atoms with Crippen LogP contribution in [0.25, 0.3) is 0 Å². The van der Waals surface area contributed by atoms with Crippen LogP contribution in [0.1, 0.15) is 35.0 Å². The molecule has 2 aliphatic rings. The summed E-state index contributed by atoms with van der Waals surface area (Å²) < 4.78 is 16.9. The number of rotatable bonds is 5. The SMILES string of the molecule is COc1ccc2c(c1OC)C(=O)OC2N1C(=O)CC[C@H]1C(=O)Nc1ccc(Br)cc1Cl. The van der Waals surface area contributed by atoms with E-state index in [-0.39, 0.29) is 30.1 Å². The highest BCUT2D eigenvalue weighted by atomic mass is 79.9. The largest absolute Gasteiger partial charge is 0.493 e. The molecular weight excluding hydrogens is 492 g/mol. The van der Waals surface area contributed by atoms with Gasteiger partial charge in [0.2, 0.25) is 18.0 Å². The topological polar surface area (TPSA) is 94.2 Å². The van der Waals surface area contributed by atoms with Crippen molar-refractivity contribution < 1.29 is 28.6 Å². The third-order valence-corrected chi connectivity index (χ3v) is 6.07. The number of likely N-dealkylation sites (tertiary alicyclic amines) is 1. The number of amides is 2. The number of hydrogen-bond donors (Lipinski definition) is 1.